The molecule has 0 aliphatic carbocycles. The average molecular weight is 305 g/mol. The molecule has 0 aliphatic heterocycles. The Labute approximate surface area is 136 Å². The van der Waals surface area contributed by atoms with Crippen LogP contribution in [0.25, 0.3) is 5.57 Å². The van der Waals surface area contributed by atoms with E-state index in [2.05, 4.69) is 62.9 Å². The van der Waals surface area contributed by atoms with E-state index < -0.39 is 0 Å². The molecule has 0 saturated carbocycles. The van der Waals surface area contributed by atoms with Gasteiger partial charge in [0.1, 0.15) is 0 Å². The van der Waals surface area contributed by atoms with Crippen LogP contribution in [0, 0.1) is 0 Å². The van der Waals surface area contributed by atoms with Crippen LogP contribution >= 0.6 is 11.8 Å². The zero-order valence-corrected chi connectivity index (χ0v) is 15.0. The van der Waals surface area contributed by atoms with E-state index in [9.17, 15) is 0 Å². The van der Waals surface area contributed by atoms with E-state index in [1.165, 1.54) is 62.7 Å². The summed E-state index contributed by atoms with van der Waals surface area (Å²) in [7, 11) is 0. The maximum atomic E-state index is 2.29. The first-order valence-corrected chi connectivity index (χ1v) is 9.72. The minimum atomic E-state index is 1.23. The highest BCUT2D eigenvalue weighted by Crippen LogP contribution is 2.34. The molecular formula is C20H32S. The highest BCUT2D eigenvalue weighted by atomic mass is 32.2. The molecule has 1 rings (SSSR count). The van der Waals surface area contributed by atoms with Crippen molar-refractivity contribution in [2.75, 3.05) is 5.75 Å². The molecule has 0 saturated heterocycles. The molecule has 0 fully saturated rings. The van der Waals surface area contributed by atoms with Crippen molar-refractivity contribution in [3.63, 3.8) is 0 Å². The predicted octanol–water partition coefficient (Wildman–Crippen LogP) is 7.31. The van der Waals surface area contributed by atoms with Crippen LogP contribution in [-0.2, 0) is 0 Å². The van der Waals surface area contributed by atoms with E-state index in [1.54, 1.807) is 10.5 Å². The number of thioether (sulfide) groups is 1. The van der Waals surface area contributed by atoms with Crippen LogP contribution in [0.15, 0.2) is 35.2 Å². The SMILES string of the molecule is CCCCS/C(CCCC)=C(/CCCC)c1ccccc1. The van der Waals surface area contributed by atoms with Crippen LogP contribution < -0.4 is 0 Å². The molecule has 0 radical (unpaired) electrons. The maximum absolute atomic E-state index is 2.29. The predicted molar refractivity (Wildman–Crippen MR) is 99.8 cm³/mol. The number of hydrogen-bond donors (Lipinski definition) is 0. The summed E-state index contributed by atoms with van der Waals surface area (Å²) in [6, 6.07) is 11.1. The minimum Gasteiger partial charge on any atom is -0.130 e. The standard InChI is InChI=1S/C20H32S/c1-4-7-15-19(18-13-11-10-12-14-18)20(16-8-5-2)21-17-9-6-3/h10-14H,4-9,15-17H2,1-3H3/b20-19-. The van der Waals surface area contributed by atoms with Crippen LogP contribution in [0.1, 0.15) is 77.7 Å². The lowest BCUT2D eigenvalue weighted by Crippen LogP contribution is -1.93. The lowest BCUT2D eigenvalue weighted by molar-refractivity contribution is 0.794. The van der Waals surface area contributed by atoms with Crippen molar-refractivity contribution in [1.82, 2.24) is 0 Å². The number of benzene rings is 1. The summed E-state index contributed by atoms with van der Waals surface area (Å²) in [5.74, 6) is 1.28. The second-order valence-corrected chi connectivity index (χ2v) is 6.87. The summed E-state index contributed by atoms with van der Waals surface area (Å²) in [6.45, 7) is 6.87. The second kappa shape index (κ2) is 11.9. The van der Waals surface area contributed by atoms with E-state index in [0.717, 1.165) is 0 Å². The third kappa shape index (κ3) is 7.22. The molecule has 1 heteroatoms. The van der Waals surface area contributed by atoms with Gasteiger partial charge in [-0.05, 0) is 53.9 Å². The van der Waals surface area contributed by atoms with Gasteiger partial charge in [-0.25, -0.2) is 0 Å². The lowest BCUT2D eigenvalue weighted by Gasteiger charge is -2.16. The Hall–Kier alpha value is -0.690. The van der Waals surface area contributed by atoms with Crippen molar-refractivity contribution >= 4 is 17.3 Å². The van der Waals surface area contributed by atoms with E-state index in [1.807, 2.05) is 0 Å². The molecule has 0 nitrogen and oxygen atoms in total. The van der Waals surface area contributed by atoms with Crippen LogP contribution in [0.3, 0.4) is 0 Å². The summed E-state index contributed by atoms with van der Waals surface area (Å²) in [5.41, 5.74) is 3.06. The molecule has 0 amide bonds. The zero-order chi connectivity index (χ0) is 15.3. The fourth-order valence-corrected chi connectivity index (χ4v) is 3.79. The maximum Gasteiger partial charge on any atom is -0.00232 e. The first kappa shape index (κ1) is 18.4. The molecule has 0 aliphatic rings. The van der Waals surface area contributed by atoms with Crippen LogP contribution in [-0.4, -0.2) is 5.75 Å². The van der Waals surface area contributed by atoms with E-state index in [-0.39, 0.29) is 0 Å². The van der Waals surface area contributed by atoms with Gasteiger partial charge in [0.2, 0.25) is 0 Å². The fourth-order valence-electron chi connectivity index (χ4n) is 2.42. The van der Waals surface area contributed by atoms with Gasteiger partial charge in [0.05, 0.1) is 0 Å². The van der Waals surface area contributed by atoms with Gasteiger partial charge in [-0.1, -0.05) is 70.4 Å². The molecule has 118 valence electrons. The van der Waals surface area contributed by atoms with Crippen LogP contribution in [0.2, 0.25) is 0 Å². The Balaban J connectivity index is 2.97. The van der Waals surface area contributed by atoms with Gasteiger partial charge in [0, 0.05) is 0 Å². The van der Waals surface area contributed by atoms with Crippen molar-refractivity contribution in [3.8, 4) is 0 Å². The molecule has 0 N–H and O–H groups in total. The van der Waals surface area contributed by atoms with Gasteiger partial charge in [0.15, 0.2) is 0 Å². The normalized spacial score (nSPS) is 12.3. The first-order chi connectivity index (χ1) is 10.3. The van der Waals surface area contributed by atoms with Crippen molar-refractivity contribution < 1.29 is 0 Å². The third-order valence-electron chi connectivity index (χ3n) is 3.77. The summed E-state index contributed by atoms with van der Waals surface area (Å²) in [4.78, 5) is 1.66. The van der Waals surface area contributed by atoms with E-state index in [4.69, 9.17) is 0 Å². The van der Waals surface area contributed by atoms with Gasteiger partial charge in [-0.3, -0.25) is 0 Å². The Morgan fingerprint density at radius 1 is 0.810 bits per heavy atom. The largest absolute Gasteiger partial charge is 0.130 e. The van der Waals surface area contributed by atoms with Crippen LogP contribution in [0.4, 0.5) is 0 Å². The van der Waals surface area contributed by atoms with Crippen molar-refractivity contribution in [2.24, 2.45) is 0 Å². The molecule has 0 heterocycles. The van der Waals surface area contributed by atoms with Crippen LogP contribution in [0.5, 0.6) is 0 Å². The fraction of sp³-hybridized carbons (Fsp3) is 0.600. The smallest absolute Gasteiger partial charge is 0.00232 e. The molecule has 0 atom stereocenters. The number of rotatable bonds is 11. The summed E-state index contributed by atoms with van der Waals surface area (Å²) >= 11 is 2.12. The Morgan fingerprint density at radius 2 is 1.43 bits per heavy atom. The summed E-state index contributed by atoms with van der Waals surface area (Å²) < 4.78 is 0. The Morgan fingerprint density at radius 3 is 2.05 bits per heavy atom. The van der Waals surface area contributed by atoms with Gasteiger partial charge >= 0.3 is 0 Å². The lowest BCUT2D eigenvalue weighted by atomic mass is 9.98. The quantitative estimate of drug-likeness (QED) is 0.386. The number of unbranched alkanes of at least 4 members (excludes halogenated alkanes) is 3. The molecular weight excluding hydrogens is 272 g/mol. The molecule has 1 aromatic carbocycles. The number of hydrogen-bond acceptors (Lipinski definition) is 1. The van der Waals surface area contributed by atoms with Gasteiger partial charge in [-0.2, -0.15) is 0 Å². The highest BCUT2D eigenvalue weighted by Gasteiger charge is 2.09. The van der Waals surface area contributed by atoms with Crippen molar-refractivity contribution in [1.29, 1.82) is 0 Å². The Kier molecular flexibility index (Phi) is 10.4. The monoisotopic (exact) mass is 304 g/mol. The third-order valence-corrected chi connectivity index (χ3v) is 5.06. The molecule has 21 heavy (non-hydrogen) atoms. The van der Waals surface area contributed by atoms with Gasteiger partial charge in [0.25, 0.3) is 0 Å². The first-order valence-electron chi connectivity index (χ1n) is 8.73. The second-order valence-electron chi connectivity index (χ2n) is 5.68. The van der Waals surface area contributed by atoms with E-state index in [0.29, 0.717) is 0 Å². The molecule has 0 unspecified atom stereocenters. The molecule has 1 aromatic rings. The van der Waals surface area contributed by atoms with Crippen molar-refractivity contribution in [3.05, 3.63) is 40.8 Å². The minimum absolute atomic E-state index is 1.23. The summed E-state index contributed by atoms with van der Waals surface area (Å²) in [5, 5.41) is 0. The zero-order valence-electron chi connectivity index (χ0n) is 14.2. The number of allylic oxidation sites excluding steroid dienone is 2. The van der Waals surface area contributed by atoms with E-state index >= 15 is 0 Å². The van der Waals surface area contributed by atoms with Gasteiger partial charge < -0.3 is 0 Å². The molecule has 0 bridgehead atoms. The van der Waals surface area contributed by atoms with Gasteiger partial charge in [-0.15, -0.1) is 11.8 Å². The molecule has 0 aromatic heterocycles. The average Bonchev–Trinajstić information content (AvgIpc) is 2.53. The molecule has 0 spiro atoms. The highest BCUT2D eigenvalue weighted by molar-refractivity contribution is 8.03. The summed E-state index contributed by atoms with van der Waals surface area (Å²) in [6.07, 6.45) is 10.3. The Bertz CT molecular complexity index is 392. The van der Waals surface area contributed by atoms with Crippen molar-refractivity contribution in [2.45, 2.75) is 72.1 Å². The topological polar surface area (TPSA) is 0 Å².